The van der Waals surface area contributed by atoms with Crippen molar-refractivity contribution in [3.8, 4) is 0 Å². The zero-order valence-electron chi connectivity index (χ0n) is 57.7. The molecule has 42 heteroatoms. The Hall–Kier alpha value is -12.3. The van der Waals surface area contributed by atoms with Crippen LogP contribution in [-0.4, -0.2) is 253 Å². The summed E-state index contributed by atoms with van der Waals surface area (Å²) in [5.74, 6) is -20.1. The summed E-state index contributed by atoms with van der Waals surface area (Å²) >= 11 is 0. The maximum Gasteiger partial charge on any atom is 0.326 e. The number of imidazole rings is 1. The normalized spacial score (nSPS) is 21.9. The Kier molecular flexibility index (Phi) is 33.2. The Morgan fingerprint density at radius 2 is 1.25 bits per heavy atom. The summed E-state index contributed by atoms with van der Waals surface area (Å²) in [5, 5.41) is 101. The van der Waals surface area contributed by atoms with E-state index < -0.39 is 219 Å². The average Bonchev–Trinajstić information content (AvgIpc) is 1.73. The maximum absolute atomic E-state index is 15.1. The number of nitrogens with one attached hydrogen (secondary N) is 17. The van der Waals surface area contributed by atoms with Crippen molar-refractivity contribution in [3.05, 3.63) is 90.1 Å². The number of fused-ring (bicyclic) bond motifs is 1. The molecule has 0 saturated carbocycles. The van der Waals surface area contributed by atoms with Gasteiger partial charge < -0.3 is 126 Å². The molecule has 12 amide bonds. The predicted octanol–water partition coefficient (Wildman–Crippen LogP) is -9.21. The van der Waals surface area contributed by atoms with E-state index in [2.05, 4.69) is 79.1 Å². The fraction of sp³-hybridized carbons (Fsp3) is 0.469. The minimum atomic E-state index is -2.30. The van der Waals surface area contributed by atoms with Gasteiger partial charge in [0.05, 0.1) is 45.0 Å². The van der Waals surface area contributed by atoms with Gasteiger partial charge in [-0.1, -0.05) is 48.5 Å². The van der Waals surface area contributed by atoms with E-state index in [0.29, 0.717) is 22.0 Å². The fourth-order valence-electron chi connectivity index (χ4n) is 10.7. The molecule has 2 aromatic carbocycles. The smallest absolute Gasteiger partial charge is 0.326 e. The molecule has 13 atom stereocenters. The molecule has 0 radical (unpaired) electrons. The number of aliphatic carboxylic acids is 2. The van der Waals surface area contributed by atoms with Crippen molar-refractivity contribution in [2.75, 3.05) is 32.8 Å². The molecule has 3 heterocycles. The second-order valence-electron chi connectivity index (χ2n) is 24.4. The number of aromatic amines is 1. The molecular formula is C64H89N21O21. The topological polar surface area (TPSA) is 668 Å². The minimum Gasteiger partial charge on any atom is -0.480 e. The molecule has 0 spiro atoms. The first kappa shape index (κ1) is 84.3. The van der Waals surface area contributed by atoms with E-state index in [4.69, 9.17) is 27.0 Å². The molecule has 0 aliphatic carbocycles. The van der Waals surface area contributed by atoms with Gasteiger partial charge in [0.1, 0.15) is 72.6 Å². The van der Waals surface area contributed by atoms with Crippen LogP contribution >= 0.6 is 0 Å². The molecule has 5 rings (SSSR count). The number of rotatable bonds is 27. The number of carbonyl (C=O) groups is 15. The third-order valence-corrected chi connectivity index (χ3v) is 16.3. The van der Waals surface area contributed by atoms with E-state index in [1.54, 1.807) is 60.8 Å². The lowest BCUT2D eigenvalue weighted by molar-refractivity contribution is -0.156. The number of amides is 12. The van der Waals surface area contributed by atoms with Crippen LogP contribution in [0, 0.1) is 10.8 Å². The van der Waals surface area contributed by atoms with Crippen LogP contribution in [0.15, 0.2) is 73.3 Å². The number of carbonyl (C=O) groups excluding carboxylic acids is 13. The summed E-state index contributed by atoms with van der Waals surface area (Å²) in [7, 11) is 1.45. The molecule has 576 valence electrons. The van der Waals surface area contributed by atoms with Crippen molar-refractivity contribution in [2.45, 2.75) is 150 Å². The van der Waals surface area contributed by atoms with Gasteiger partial charge in [-0.2, -0.15) is 0 Å². The molecular weight excluding hydrogens is 1400 g/mol. The summed E-state index contributed by atoms with van der Waals surface area (Å²) in [4.78, 5) is 214. The molecule has 2 aromatic heterocycles. The van der Waals surface area contributed by atoms with Crippen LogP contribution in [0.5, 0.6) is 0 Å². The molecule has 26 N–H and O–H groups in total. The number of aliphatic hydroxyl groups excluding tert-OH is 3. The standard InChI is InChI=1S/C64H89N21O21/c1-31(89)50(83-55(96)40(74-30-88)20-34-24-72-37-14-8-7-13-36(34)37)59(100)77-39(16-10-18-71-64(67)68)54(95)84-51-32(2)106-49(92)23-44(62(104)105)81-58(99)46(28-87)82-53(94)38(15-9-17-70-63(65)66)75-48(91)26-73-52(93)41(19-33-11-5-4-6-12-33)78-57(98)45(27-86)76-47(90)22-43(61(102)103)80-56(97)42(79-60(51)101)21-35-25-69-29-85(35)3/h4-8,11-14,24-25,29-32,38-46,50-51,72,86-87,89H,9-10,15-23,26-28H2,1-3H3,(H,73,93)(H,74,88)(H,75,91)(H,76,90)(H,77,100)(H,78,98)(H,79,101)(H,80,97)(H,81,99)(H,82,94)(H,83,96)(H,84,95)(H,102,103)(H,104,105)(H4,65,66,70)(H4,67,68,71)/t31-,32-,38-,39-,40+,41+,42+,43+,44+,45-,46+,50+,51+/m1/s1. The molecule has 4 aromatic rings. The summed E-state index contributed by atoms with van der Waals surface area (Å²) in [6, 6.07) is -6.23. The number of aromatic nitrogens is 3. The predicted molar refractivity (Wildman–Crippen MR) is 369 cm³/mol. The van der Waals surface area contributed by atoms with Crippen LogP contribution in [0.25, 0.3) is 10.9 Å². The van der Waals surface area contributed by atoms with Gasteiger partial charge in [0, 0.05) is 68.4 Å². The maximum atomic E-state index is 15.1. The summed E-state index contributed by atoms with van der Waals surface area (Å²) in [5.41, 5.74) is 12.7. The number of nitrogens with two attached hydrogens (primary N) is 2. The Bertz CT molecular complexity index is 3820. The first-order valence-electron chi connectivity index (χ1n) is 33.1. The monoisotopic (exact) mass is 1490 g/mol. The van der Waals surface area contributed by atoms with Gasteiger partial charge in [-0.3, -0.25) is 73.1 Å². The number of nitrogens with zero attached hydrogens (tertiary/aromatic N) is 2. The Morgan fingerprint density at radius 3 is 1.86 bits per heavy atom. The van der Waals surface area contributed by atoms with Crippen molar-refractivity contribution in [1.82, 2.24) is 89.0 Å². The number of hydrogen-bond donors (Lipinski definition) is 24. The first-order valence-corrected chi connectivity index (χ1v) is 33.1. The van der Waals surface area contributed by atoms with Gasteiger partial charge in [-0.05, 0) is 56.7 Å². The average molecular weight is 1490 g/mol. The number of aryl methyl sites for hydroxylation is 1. The van der Waals surface area contributed by atoms with Gasteiger partial charge in [0.2, 0.25) is 71.4 Å². The lowest BCUT2D eigenvalue weighted by Crippen LogP contribution is -2.63. The Labute approximate surface area is 603 Å². The summed E-state index contributed by atoms with van der Waals surface area (Å²) in [6.45, 7) is -1.50. The molecule has 42 nitrogen and oxygen atoms in total. The number of para-hydroxylation sites is 1. The zero-order chi connectivity index (χ0) is 78.3. The van der Waals surface area contributed by atoms with Gasteiger partial charge in [0.25, 0.3) is 0 Å². The molecule has 1 aliphatic rings. The molecule has 106 heavy (non-hydrogen) atoms. The van der Waals surface area contributed by atoms with Crippen LogP contribution < -0.4 is 85.9 Å². The first-order chi connectivity index (χ1) is 50.3. The SMILES string of the molecule is C[C@@H](O)[C@H](NC(=O)[C@H](Cc1c[nH]c2ccccc12)NC=O)C(=O)N[C@H](CCCNC(=N)N)C(=O)N[C@@H]1C(=O)N[C@@H](Cc2cncn2C)C(=O)N[C@H](C(=O)O)CC(=O)N[C@H](CO)C(=O)N[C@@H](Cc2ccccc2)C(=O)NCC(=O)N[C@H](CCCNC(=N)N)C(=O)N[C@@H](CO)C(=O)N[C@H](C(=O)O)CC(=O)O[C@@H]1C. The zero-order valence-corrected chi connectivity index (χ0v) is 57.7. The largest absolute Gasteiger partial charge is 0.480 e. The van der Waals surface area contributed by atoms with E-state index >= 15 is 4.79 Å². The second-order valence-corrected chi connectivity index (χ2v) is 24.4. The number of cyclic esters (lactones) is 1. The number of esters is 1. The van der Waals surface area contributed by atoms with Crippen LogP contribution in [0.3, 0.4) is 0 Å². The van der Waals surface area contributed by atoms with E-state index in [1.165, 1.54) is 24.1 Å². The van der Waals surface area contributed by atoms with Crippen molar-refractivity contribution in [2.24, 2.45) is 18.5 Å². The van der Waals surface area contributed by atoms with Crippen molar-refractivity contribution >= 4 is 112 Å². The van der Waals surface area contributed by atoms with E-state index in [-0.39, 0.29) is 57.3 Å². The minimum absolute atomic E-state index is 0.0280. The number of carboxylic acid groups (broad SMARTS) is 2. The van der Waals surface area contributed by atoms with Crippen LogP contribution in [0.2, 0.25) is 0 Å². The summed E-state index contributed by atoms with van der Waals surface area (Å²) in [6.07, 6.45) is -3.93. The quantitative estimate of drug-likeness (QED) is 0.00867. The Morgan fingerprint density at radius 1 is 0.679 bits per heavy atom. The van der Waals surface area contributed by atoms with Crippen LogP contribution in [-0.2, 0) is 103 Å². The highest BCUT2D eigenvalue weighted by Gasteiger charge is 2.40. The number of aliphatic hydroxyl groups is 3. The highest BCUT2D eigenvalue weighted by molar-refractivity contribution is 6.00. The highest BCUT2D eigenvalue weighted by atomic mass is 16.5. The number of carboxylic acids is 2. The number of benzene rings is 2. The fourth-order valence-corrected chi connectivity index (χ4v) is 10.7. The second kappa shape index (κ2) is 41.7. The van der Waals surface area contributed by atoms with Gasteiger partial charge in [-0.25, -0.2) is 14.6 Å². The molecule has 1 fully saturated rings. The number of H-pyrrole nitrogens is 1. The third-order valence-electron chi connectivity index (χ3n) is 16.3. The van der Waals surface area contributed by atoms with E-state index in [1.807, 2.05) is 5.32 Å². The van der Waals surface area contributed by atoms with E-state index in [9.17, 15) is 92.7 Å². The van der Waals surface area contributed by atoms with Crippen LogP contribution in [0.1, 0.15) is 69.2 Å². The number of ether oxygens (including phenoxy) is 1. The molecule has 1 saturated heterocycles. The van der Waals surface area contributed by atoms with Gasteiger partial charge in [0.15, 0.2) is 11.9 Å². The summed E-state index contributed by atoms with van der Waals surface area (Å²) < 4.78 is 6.91. The lowest BCUT2D eigenvalue weighted by atomic mass is 10.0. The highest BCUT2D eigenvalue weighted by Crippen LogP contribution is 2.20. The van der Waals surface area contributed by atoms with Crippen molar-refractivity contribution in [3.63, 3.8) is 0 Å². The number of hydrogen-bond acceptors (Lipinski definition) is 22. The van der Waals surface area contributed by atoms with Crippen LogP contribution in [0.4, 0.5) is 0 Å². The Balaban J connectivity index is 1.57. The van der Waals surface area contributed by atoms with E-state index in [0.717, 1.165) is 13.8 Å². The van der Waals surface area contributed by atoms with Gasteiger partial charge >= 0.3 is 17.9 Å². The van der Waals surface area contributed by atoms with Gasteiger partial charge in [-0.15, -0.1) is 0 Å². The van der Waals surface area contributed by atoms with Crippen molar-refractivity contribution in [1.29, 1.82) is 10.8 Å². The number of guanidine groups is 2. The lowest BCUT2D eigenvalue weighted by Gasteiger charge is -2.30. The van der Waals surface area contributed by atoms with Crippen molar-refractivity contribution < 1.29 is 102 Å². The molecule has 0 bridgehead atoms. The molecule has 0 unspecified atom stereocenters. The molecule has 1 aliphatic heterocycles. The third kappa shape index (κ3) is 26.8.